The summed E-state index contributed by atoms with van der Waals surface area (Å²) in [5.74, 6) is 0.517. The van der Waals surface area contributed by atoms with Crippen LogP contribution in [-0.2, 0) is 0 Å². The zero-order valence-electron chi connectivity index (χ0n) is 6.15. The predicted octanol–water partition coefficient (Wildman–Crippen LogP) is 0.552. The molecule has 1 aromatic heterocycles. The number of aromatic nitrogens is 2. The highest BCUT2D eigenvalue weighted by Crippen LogP contribution is 2.25. The van der Waals surface area contributed by atoms with Crippen molar-refractivity contribution in [3.63, 3.8) is 0 Å². The number of aliphatic imine (C=N–C) groups is 1. The summed E-state index contributed by atoms with van der Waals surface area (Å²) in [6, 6.07) is 0.135. The molecule has 0 radical (unpaired) electrons. The van der Waals surface area contributed by atoms with E-state index in [2.05, 4.69) is 15.0 Å². The molecule has 1 aliphatic heterocycles. The van der Waals surface area contributed by atoms with Gasteiger partial charge in [-0.15, -0.1) is 0 Å². The van der Waals surface area contributed by atoms with E-state index in [4.69, 9.17) is 5.73 Å². The van der Waals surface area contributed by atoms with Crippen LogP contribution in [0.15, 0.2) is 11.3 Å². The van der Waals surface area contributed by atoms with Gasteiger partial charge in [0.2, 0.25) is 0 Å². The van der Waals surface area contributed by atoms with Crippen molar-refractivity contribution < 1.29 is 0 Å². The Kier molecular flexibility index (Phi) is 1.15. The van der Waals surface area contributed by atoms with Crippen molar-refractivity contribution >= 4 is 12.0 Å². The normalized spacial score (nSPS) is 20.3. The van der Waals surface area contributed by atoms with Crippen molar-refractivity contribution in [1.29, 1.82) is 0 Å². The second-order valence-electron chi connectivity index (χ2n) is 2.51. The second kappa shape index (κ2) is 2.02. The van der Waals surface area contributed by atoms with E-state index in [1.165, 1.54) is 6.33 Å². The van der Waals surface area contributed by atoms with Gasteiger partial charge in [-0.1, -0.05) is 0 Å². The number of fused-ring (bicyclic) bond motifs is 1. The average Bonchev–Trinajstić information content (AvgIpc) is 2.35. The SMILES string of the molecule is CC1N=Cc2c(N)ncnc21. The van der Waals surface area contributed by atoms with Crippen molar-refractivity contribution in [1.82, 2.24) is 9.97 Å². The largest absolute Gasteiger partial charge is 0.383 e. The number of nitrogens with two attached hydrogens (primary N) is 1. The molecule has 4 heteroatoms. The van der Waals surface area contributed by atoms with Crippen LogP contribution in [-0.4, -0.2) is 16.2 Å². The predicted molar refractivity (Wildman–Crippen MR) is 42.5 cm³/mol. The van der Waals surface area contributed by atoms with Gasteiger partial charge in [-0.25, -0.2) is 9.97 Å². The van der Waals surface area contributed by atoms with Crippen LogP contribution in [0, 0.1) is 0 Å². The first-order valence-electron chi connectivity index (χ1n) is 3.42. The van der Waals surface area contributed by atoms with Crippen molar-refractivity contribution in [3.05, 3.63) is 17.6 Å². The monoisotopic (exact) mass is 148 g/mol. The van der Waals surface area contributed by atoms with E-state index >= 15 is 0 Å². The van der Waals surface area contributed by atoms with E-state index < -0.39 is 0 Å². The Balaban J connectivity index is 2.65. The first-order chi connectivity index (χ1) is 5.29. The maximum Gasteiger partial charge on any atom is 0.135 e. The van der Waals surface area contributed by atoms with Crippen molar-refractivity contribution in [2.24, 2.45) is 4.99 Å². The molecule has 0 saturated heterocycles. The molecule has 0 saturated carbocycles. The van der Waals surface area contributed by atoms with E-state index in [-0.39, 0.29) is 6.04 Å². The zero-order chi connectivity index (χ0) is 7.84. The van der Waals surface area contributed by atoms with Crippen LogP contribution >= 0.6 is 0 Å². The quantitative estimate of drug-likeness (QED) is 0.584. The number of nitrogen functional groups attached to an aromatic ring is 1. The van der Waals surface area contributed by atoms with Crippen molar-refractivity contribution in [3.8, 4) is 0 Å². The maximum atomic E-state index is 5.59. The highest BCUT2D eigenvalue weighted by atomic mass is 15.0. The molecule has 1 atom stereocenters. The van der Waals surface area contributed by atoms with Gasteiger partial charge in [-0.3, -0.25) is 4.99 Å². The molecule has 1 unspecified atom stereocenters. The number of hydrogen-bond acceptors (Lipinski definition) is 4. The van der Waals surface area contributed by atoms with Gasteiger partial charge in [0.25, 0.3) is 0 Å². The summed E-state index contributed by atoms with van der Waals surface area (Å²) >= 11 is 0. The second-order valence-corrected chi connectivity index (χ2v) is 2.51. The Morgan fingerprint density at radius 2 is 2.27 bits per heavy atom. The van der Waals surface area contributed by atoms with Gasteiger partial charge >= 0.3 is 0 Å². The van der Waals surface area contributed by atoms with Crippen LogP contribution in [0.5, 0.6) is 0 Å². The van der Waals surface area contributed by atoms with Gasteiger partial charge in [-0.2, -0.15) is 0 Å². The van der Waals surface area contributed by atoms with E-state index in [1.807, 2.05) is 6.92 Å². The Morgan fingerprint density at radius 1 is 1.45 bits per heavy atom. The molecule has 4 nitrogen and oxygen atoms in total. The van der Waals surface area contributed by atoms with Gasteiger partial charge in [0.05, 0.1) is 17.3 Å². The van der Waals surface area contributed by atoms with Gasteiger partial charge in [0, 0.05) is 6.21 Å². The summed E-state index contributed by atoms with van der Waals surface area (Å²) in [6.45, 7) is 1.98. The van der Waals surface area contributed by atoms with E-state index in [9.17, 15) is 0 Å². The maximum absolute atomic E-state index is 5.59. The number of rotatable bonds is 0. The fraction of sp³-hybridized carbons (Fsp3) is 0.286. The fourth-order valence-electron chi connectivity index (χ4n) is 1.15. The molecule has 56 valence electrons. The van der Waals surface area contributed by atoms with Crippen LogP contribution in [0.25, 0.3) is 0 Å². The number of anilines is 1. The van der Waals surface area contributed by atoms with E-state index in [1.54, 1.807) is 6.21 Å². The fourth-order valence-corrected chi connectivity index (χ4v) is 1.15. The Bertz CT molecular complexity index is 318. The number of hydrogen-bond donors (Lipinski definition) is 1. The van der Waals surface area contributed by atoms with Crippen molar-refractivity contribution in [2.45, 2.75) is 13.0 Å². The molecule has 11 heavy (non-hydrogen) atoms. The topological polar surface area (TPSA) is 64.2 Å². The van der Waals surface area contributed by atoms with Crippen LogP contribution in [0.4, 0.5) is 5.82 Å². The minimum Gasteiger partial charge on any atom is -0.383 e. The van der Waals surface area contributed by atoms with Crippen LogP contribution in [0.3, 0.4) is 0 Å². The van der Waals surface area contributed by atoms with Gasteiger partial charge < -0.3 is 5.73 Å². The highest BCUT2D eigenvalue weighted by Gasteiger charge is 2.17. The van der Waals surface area contributed by atoms with Crippen LogP contribution in [0.2, 0.25) is 0 Å². The summed E-state index contributed by atoms with van der Waals surface area (Å²) in [5, 5.41) is 0. The van der Waals surface area contributed by atoms with E-state index in [0.29, 0.717) is 5.82 Å². The number of nitrogens with zero attached hydrogens (tertiary/aromatic N) is 3. The Hall–Kier alpha value is -1.45. The lowest BCUT2D eigenvalue weighted by Gasteiger charge is -2.01. The lowest BCUT2D eigenvalue weighted by atomic mass is 10.2. The molecule has 0 aromatic carbocycles. The molecule has 1 aliphatic rings. The van der Waals surface area contributed by atoms with Crippen LogP contribution < -0.4 is 5.73 Å². The third-order valence-electron chi connectivity index (χ3n) is 1.77. The molecule has 0 fully saturated rings. The third-order valence-corrected chi connectivity index (χ3v) is 1.77. The minimum absolute atomic E-state index is 0.135. The highest BCUT2D eigenvalue weighted by molar-refractivity contribution is 5.89. The van der Waals surface area contributed by atoms with Crippen LogP contribution in [0.1, 0.15) is 24.2 Å². The molecule has 0 spiro atoms. The molecule has 0 aliphatic carbocycles. The first-order valence-corrected chi connectivity index (χ1v) is 3.42. The summed E-state index contributed by atoms with van der Waals surface area (Å²) in [4.78, 5) is 12.1. The summed E-state index contributed by atoms with van der Waals surface area (Å²) < 4.78 is 0. The van der Waals surface area contributed by atoms with E-state index in [0.717, 1.165) is 11.3 Å². The van der Waals surface area contributed by atoms with Crippen molar-refractivity contribution in [2.75, 3.05) is 5.73 Å². The van der Waals surface area contributed by atoms with Gasteiger partial charge in [0.15, 0.2) is 0 Å². The molecule has 2 rings (SSSR count). The molecule has 0 bridgehead atoms. The molecule has 0 amide bonds. The standard InChI is InChI=1S/C7H8N4/c1-4-6-5(2-9-4)7(8)11-3-10-6/h2-4H,1H3,(H2,8,10,11). The molecule has 2 N–H and O–H groups in total. The lowest BCUT2D eigenvalue weighted by Crippen LogP contribution is -2.00. The average molecular weight is 148 g/mol. The molecule has 1 aromatic rings. The summed E-state index contributed by atoms with van der Waals surface area (Å²) in [6.07, 6.45) is 3.20. The van der Waals surface area contributed by atoms with Gasteiger partial charge in [-0.05, 0) is 6.92 Å². The summed E-state index contributed by atoms with van der Waals surface area (Å²) in [7, 11) is 0. The Morgan fingerprint density at radius 3 is 3.00 bits per heavy atom. The lowest BCUT2D eigenvalue weighted by molar-refractivity contribution is 0.801. The molecule has 2 heterocycles. The minimum atomic E-state index is 0.135. The Labute approximate surface area is 64.2 Å². The smallest absolute Gasteiger partial charge is 0.135 e. The third kappa shape index (κ3) is 0.790. The molecular weight excluding hydrogens is 140 g/mol. The zero-order valence-corrected chi connectivity index (χ0v) is 6.15. The molecular formula is C7H8N4. The summed E-state index contributed by atoms with van der Waals surface area (Å²) in [5.41, 5.74) is 7.40. The first kappa shape index (κ1) is 6.27. The van der Waals surface area contributed by atoms with Gasteiger partial charge in [0.1, 0.15) is 12.1 Å².